The van der Waals surface area contributed by atoms with Gasteiger partial charge in [-0.05, 0) is 7.05 Å². The summed E-state index contributed by atoms with van der Waals surface area (Å²) in [6.45, 7) is 1.03. The molecule has 2 heterocycles. The smallest absolute Gasteiger partial charge is 0.319 e. The first-order valence-electron chi connectivity index (χ1n) is 6.04. The van der Waals surface area contributed by atoms with Crippen LogP contribution in [-0.2, 0) is 6.54 Å². The van der Waals surface area contributed by atoms with E-state index < -0.39 is 6.55 Å². The van der Waals surface area contributed by atoms with Crippen molar-refractivity contribution in [2.45, 2.75) is 19.1 Å². The van der Waals surface area contributed by atoms with Gasteiger partial charge in [0.15, 0.2) is 0 Å². The van der Waals surface area contributed by atoms with Crippen molar-refractivity contribution in [1.29, 1.82) is 0 Å². The van der Waals surface area contributed by atoms with Crippen LogP contribution >= 0.6 is 0 Å². The topological polar surface area (TPSA) is 50.3 Å². The van der Waals surface area contributed by atoms with E-state index in [-0.39, 0.29) is 6.04 Å². The standard InChI is InChI=1S/C11H19F2N5/c1-16-4-5-17(9(6-14)7-16)8-10-15-2-3-18(10)11(12)13/h2-3,9,11H,4-8,14H2,1H3. The Morgan fingerprint density at radius 2 is 2.28 bits per heavy atom. The lowest BCUT2D eigenvalue weighted by Crippen LogP contribution is -2.54. The van der Waals surface area contributed by atoms with E-state index in [0.717, 1.165) is 24.2 Å². The highest BCUT2D eigenvalue weighted by Gasteiger charge is 2.25. The van der Waals surface area contributed by atoms with E-state index in [4.69, 9.17) is 5.73 Å². The molecule has 102 valence electrons. The van der Waals surface area contributed by atoms with Gasteiger partial charge in [-0.2, -0.15) is 8.78 Å². The molecule has 1 unspecified atom stereocenters. The molecule has 1 aromatic rings. The number of imidazole rings is 1. The van der Waals surface area contributed by atoms with Crippen LogP contribution in [0.15, 0.2) is 12.4 Å². The van der Waals surface area contributed by atoms with E-state index in [1.165, 1.54) is 12.4 Å². The maximum atomic E-state index is 12.7. The molecule has 0 aliphatic carbocycles. The molecular weight excluding hydrogens is 240 g/mol. The quantitative estimate of drug-likeness (QED) is 0.848. The average molecular weight is 259 g/mol. The second-order valence-electron chi connectivity index (χ2n) is 4.65. The Hall–Kier alpha value is -1.05. The predicted molar refractivity (Wildman–Crippen MR) is 64.2 cm³/mol. The molecule has 2 rings (SSSR count). The van der Waals surface area contributed by atoms with Gasteiger partial charge in [0, 0.05) is 44.6 Å². The molecule has 1 saturated heterocycles. The van der Waals surface area contributed by atoms with Crippen LogP contribution < -0.4 is 5.73 Å². The van der Waals surface area contributed by atoms with Crippen LogP contribution in [0.25, 0.3) is 0 Å². The lowest BCUT2D eigenvalue weighted by atomic mass is 10.1. The molecule has 1 aliphatic heterocycles. The molecule has 18 heavy (non-hydrogen) atoms. The van der Waals surface area contributed by atoms with E-state index in [2.05, 4.69) is 14.8 Å². The molecule has 1 aromatic heterocycles. The molecule has 0 aromatic carbocycles. The monoisotopic (exact) mass is 259 g/mol. The zero-order valence-corrected chi connectivity index (χ0v) is 10.5. The number of hydrogen-bond donors (Lipinski definition) is 1. The summed E-state index contributed by atoms with van der Waals surface area (Å²) in [5.41, 5.74) is 5.74. The number of hydrogen-bond acceptors (Lipinski definition) is 4. The van der Waals surface area contributed by atoms with Crippen molar-refractivity contribution >= 4 is 0 Å². The highest BCUT2D eigenvalue weighted by molar-refractivity contribution is 4.95. The Bertz CT molecular complexity index is 381. The van der Waals surface area contributed by atoms with Crippen molar-refractivity contribution in [3.05, 3.63) is 18.2 Å². The van der Waals surface area contributed by atoms with Gasteiger partial charge in [0.1, 0.15) is 5.82 Å². The summed E-state index contributed by atoms with van der Waals surface area (Å²) in [6, 6.07) is 0.201. The van der Waals surface area contributed by atoms with Crippen molar-refractivity contribution in [1.82, 2.24) is 19.4 Å². The predicted octanol–water partition coefficient (Wildman–Crippen LogP) is 0.353. The van der Waals surface area contributed by atoms with Crippen LogP contribution in [0.1, 0.15) is 12.4 Å². The first-order valence-corrected chi connectivity index (χ1v) is 6.04. The highest BCUT2D eigenvalue weighted by Crippen LogP contribution is 2.16. The van der Waals surface area contributed by atoms with Gasteiger partial charge in [-0.15, -0.1) is 0 Å². The van der Waals surface area contributed by atoms with Gasteiger partial charge in [-0.3, -0.25) is 9.47 Å². The minimum atomic E-state index is -2.54. The maximum Gasteiger partial charge on any atom is 0.319 e. The summed E-state index contributed by atoms with van der Waals surface area (Å²) < 4.78 is 26.4. The van der Waals surface area contributed by atoms with Crippen LogP contribution in [0.2, 0.25) is 0 Å². The number of nitrogens with zero attached hydrogens (tertiary/aromatic N) is 4. The second-order valence-corrected chi connectivity index (χ2v) is 4.65. The van der Waals surface area contributed by atoms with Crippen molar-refractivity contribution in [3.63, 3.8) is 0 Å². The summed E-state index contributed by atoms with van der Waals surface area (Å²) in [7, 11) is 2.04. The molecular formula is C11H19F2N5. The number of nitrogens with two attached hydrogens (primary N) is 1. The molecule has 0 amide bonds. The third-order valence-corrected chi connectivity index (χ3v) is 3.38. The number of aromatic nitrogens is 2. The normalized spacial score (nSPS) is 22.8. The zero-order valence-electron chi connectivity index (χ0n) is 10.5. The van der Waals surface area contributed by atoms with Gasteiger partial charge in [0.05, 0.1) is 6.54 Å². The fourth-order valence-corrected chi connectivity index (χ4v) is 2.31. The Morgan fingerprint density at radius 1 is 1.50 bits per heavy atom. The molecule has 2 N–H and O–H groups in total. The Labute approximate surface area is 105 Å². The van der Waals surface area contributed by atoms with Crippen LogP contribution in [0.3, 0.4) is 0 Å². The molecule has 0 radical (unpaired) electrons. The first-order chi connectivity index (χ1) is 8.61. The molecule has 5 nitrogen and oxygen atoms in total. The molecule has 1 fully saturated rings. The van der Waals surface area contributed by atoms with Crippen molar-refractivity contribution in [2.75, 3.05) is 33.2 Å². The van der Waals surface area contributed by atoms with E-state index in [9.17, 15) is 8.78 Å². The Kier molecular flexibility index (Phi) is 4.26. The van der Waals surface area contributed by atoms with Gasteiger partial charge >= 0.3 is 6.55 Å². The van der Waals surface area contributed by atoms with Gasteiger partial charge in [0.2, 0.25) is 0 Å². The van der Waals surface area contributed by atoms with Gasteiger partial charge in [0.25, 0.3) is 0 Å². The zero-order chi connectivity index (χ0) is 13.1. The molecule has 1 atom stereocenters. The largest absolute Gasteiger partial charge is 0.329 e. The number of likely N-dealkylation sites (N-methyl/N-ethyl adjacent to an activating group) is 1. The average Bonchev–Trinajstić information content (AvgIpc) is 2.79. The van der Waals surface area contributed by atoms with Crippen LogP contribution in [0, 0.1) is 0 Å². The van der Waals surface area contributed by atoms with E-state index in [0.29, 0.717) is 18.9 Å². The second kappa shape index (κ2) is 5.73. The lowest BCUT2D eigenvalue weighted by Gasteiger charge is -2.39. The SMILES string of the molecule is CN1CCN(Cc2nccn2C(F)F)C(CN)C1. The van der Waals surface area contributed by atoms with Gasteiger partial charge in [-0.25, -0.2) is 4.98 Å². The molecule has 0 saturated carbocycles. The maximum absolute atomic E-state index is 12.7. The number of rotatable bonds is 4. The van der Waals surface area contributed by atoms with Gasteiger partial charge < -0.3 is 10.6 Å². The third-order valence-electron chi connectivity index (χ3n) is 3.38. The van der Waals surface area contributed by atoms with Crippen LogP contribution in [-0.4, -0.2) is 58.6 Å². The minimum absolute atomic E-state index is 0.201. The van der Waals surface area contributed by atoms with Crippen LogP contribution in [0.4, 0.5) is 8.78 Å². The fourth-order valence-electron chi connectivity index (χ4n) is 2.31. The summed E-state index contributed by atoms with van der Waals surface area (Å²) in [6.07, 6.45) is 2.72. The fraction of sp³-hybridized carbons (Fsp3) is 0.727. The Balaban J connectivity index is 2.05. The molecule has 0 bridgehead atoms. The van der Waals surface area contributed by atoms with Crippen molar-refractivity contribution in [2.24, 2.45) is 5.73 Å². The van der Waals surface area contributed by atoms with Crippen molar-refractivity contribution < 1.29 is 8.78 Å². The molecule has 1 aliphatic rings. The minimum Gasteiger partial charge on any atom is -0.329 e. The summed E-state index contributed by atoms with van der Waals surface area (Å²) >= 11 is 0. The summed E-state index contributed by atoms with van der Waals surface area (Å²) in [5.74, 6) is 0.396. The summed E-state index contributed by atoms with van der Waals surface area (Å²) in [4.78, 5) is 8.33. The molecule has 7 heteroatoms. The van der Waals surface area contributed by atoms with E-state index in [1.54, 1.807) is 0 Å². The first kappa shape index (κ1) is 13.4. The van der Waals surface area contributed by atoms with Crippen LogP contribution in [0.5, 0.6) is 0 Å². The third kappa shape index (κ3) is 2.85. The summed E-state index contributed by atoms with van der Waals surface area (Å²) in [5, 5.41) is 0. The Morgan fingerprint density at radius 3 is 2.94 bits per heavy atom. The number of piperazine rings is 1. The lowest BCUT2D eigenvalue weighted by molar-refractivity contribution is 0.0532. The number of halogens is 2. The van der Waals surface area contributed by atoms with E-state index >= 15 is 0 Å². The number of alkyl halides is 2. The van der Waals surface area contributed by atoms with Gasteiger partial charge in [-0.1, -0.05) is 0 Å². The molecule has 0 spiro atoms. The van der Waals surface area contributed by atoms with E-state index in [1.807, 2.05) is 7.05 Å². The highest BCUT2D eigenvalue weighted by atomic mass is 19.3. The van der Waals surface area contributed by atoms with Crippen molar-refractivity contribution in [3.8, 4) is 0 Å².